The zero-order valence-corrected chi connectivity index (χ0v) is 12.3. The lowest BCUT2D eigenvalue weighted by Gasteiger charge is -2.26. The summed E-state index contributed by atoms with van der Waals surface area (Å²) in [5.41, 5.74) is 0.748. The fourth-order valence-electron chi connectivity index (χ4n) is 2.22. The Bertz CT molecular complexity index is 439. The van der Waals surface area contributed by atoms with Crippen LogP contribution in [0.2, 0.25) is 0 Å². The number of carboxylic acid groups (broad SMARTS) is 1. The number of thiazole rings is 1. The van der Waals surface area contributed by atoms with Crippen LogP contribution in [0.15, 0.2) is 0 Å². The molecule has 0 bridgehead atoms. The van der Waals surface area contributed by atoms with Crippen LogP contribution in [-0.4, -0.2) is 47.1 Å². The smallest absolute Gasteiger partial charge is 0.347 e. The molecule has 1 aliphatic heterocycles. The van der Waals surface area contributed by atoms with Gasteiger partial charge in [-0.05, 0) is 12.3 Å². The van der Waals surface area contributed by atoms with Crippen molar-refractivity contribution in [3.05, 3.63) is 15.6 Å². The highest BCUT2D eigenvalue weighted by molar-refractivity contribution is 7.13. The molecule has 1 aromatic heterocycles. The number of hydrogen-bond acceptors (Lipinski definition) is 5. The van der Waals surface area contributed by atoms with Gasteiger partial charge in [0.05, 0.1) is 12.2 Å². The Labute approximate surface area is 117 Å². The summed E-state index contributed by atoms with van der Waals surface area (Å²) in [5, 5.41) is 13.5. The molecule has 0 amide bonds. The summed E-state index contributed by atoms with van der Waals surface area (Å²) < 4.78 is 0. The minimum absolute atomic E-state index is 0.416. The highest BCUT2D eigenvalue weighted by Crippen LogP contribution is 2.22. The maximum absolute atomic E-state index is 11.3. The standard InChI is InChI=1S/C13H21N3O2S/c1-9(2)7-10-12(13(17)18)19-11(15-10)8-16-5-3-14-4-6-16/h9,14H,3-8H2,1-2H3,(H,17,18). The Hall–Kier alpha value is -0.980. The molecule has 106 valence electrons. The lowest BCUT2D eigenvalue weighted by Crippen LogP contribution is -2.42. The number of aromatic nitrogens is 1. The van der Waals surface area contributed by atoms with Crippen LogP contribution in [0, 0.1) is 5.92 Å². The van der Waals surface area contributed by atoms with E-state index in [2.05, 4.69) is 29.0 Å². The molecule has 0 aromatic carbocycles. The van der Waals surface area contributed by atoms with Gasteiger partial charge in [0.15, 0.2) is 0 Å². The van der Waals surface area contributed by atoms with Gasteiger partial charge < -0.3 is 10.4 Å². The molecule has 1 saturated heterocycles. The molecule has 5 nitrogen and oxygen atoms in total. The van der Waals surface area contributed by atoms with E-state index in [0.29, 0.717) is 10.8 Å². The van der Waals surface area contributed by atoms with E-state index in [1.807, 2.05) is 0 Å². The van der Waals surface area contributed by atoms with E-state index < -0.39 is 5.97 Å². The van der Waals surface area contributed by atoms with Gasteiger partial charge in [0.1, 0.15) is 9.88 Å². The van der Waals surface area contributed by atoms with Crippen LogP contribution in [-0.2, 0) is 13.0 Å². The van der Waals surface area contributed by atoms with E-state index in [-0.39, 0.29) is 0 Å². The predicted octanol–water partition coefficient (Wildman–Crippen LogP) is 1.44. The maximum Gasteiger partial charge on any atom is 0.347 e. The number of rotatable bonds is 5. The van der Waals surface area contributed by atoms with Gasteiger partial charge in [0.2, 0.25) is 0 Å². The van der Waals surface area contributed by atoms with Crippen molar-refractivity contribution in [2.45, 2.75) is 26.8 Å². The van der Waals surface area contributed by atoms with Crippen molar-refractivity contribution in [1.82, 2.24) is 15.2 Å². The van der Waals surface area contributed by atoms with E-state index >= 15 is 0 Å². The van der Waals surface area contributed by atoms with Crippen LogP contribution in [0.4, 0.5) is 0 Å². The number of carboxylic acids is 1. The van der Waals surface area contributed by atoms with Crippen LogP contribution in [0.25, 0.3) is 0 Å². The summed E-state index contributed by atoms with van der Waals surface area (Å²) in [6.45, 7) is 8.93. The third-order valence-electron chi connectivity index (χ3n) is 3.11. The van der Waals surface area contributed by atoms with Gasteiger partial charge in [0, 0.05) is 26.2 Å². The van der Waals surface area contributed by atoms with E-state index in [1.54, 1.807) is 0 Å². The number of piperazine rings is 1. The van der Waals surface area contributed by atoms with Gasteiger partial charge in [-0.1, -0.05) is 13.8 Å². The molecule has 2 heterocycles. The first-order valence-electron chi connectivity index (χ1n) is 6.71. The minimum Gasteiger partial charge on any atom is -0.477 e. The summed E-state index contributed by atoms with van der Waals surface area (Å²) in [4.78, 5) is 18.5. The first-order valence-corrected chi connectivity index (χ1v) is 7.53. The molecule has 19 heavy (non-hydrogen) atoms. The average molecular weight is 283 g/mol. The zero-order valence-electron chi connectivity index (χ0n) is 11.5. The third-order valence-corrected chi connectivity index (χ3v) is 4.18. The van der Waals surface area contributed by atoms with Crippen molar-refractivity contribution >= 4 is 17.3 Å². The summed E-state index contributed by atoms with van der Waals surface area (Å²) in [7, 11) is 0. The number of nitrogens with zero attached hydrogens (tertiary/aromatic N) is 2. The molecule has 2 rings (SSSR count). The van der Waals surface area contributed by atoms with Crippen molar-refractivity contribution < 1.29 is 9.90 Å². The van der Waals surface area contributed by atoms with E-state index in [1.165, 1.54) is 11.3 Å². The molecule has 2 N–H and O–H groups in total. The van der Waals surface area contributed by atoms with Crippen molar-refractivity contribution in [3.8, 4) is 0 Å². The molecule has 1 fully saturated rings. The first-order chi connectivity index (χ1) is 9.06. The van der Waals surface area contributed by atoms with E-state index in [9.17, 15) is 9.90 Å². The molecule has 1 aromatic rings. The molecule has 0 atom stereocenters. The van der Waals surface area contributed by atoms with Gasteiger partial charge in [0.25, 0.3) is 0 Å². The number of carbonyl (C=O) groups is 1. The lowest BCUT2D eigenvalue weighted by molar-refractivity contribution is 0.0700. The van der Waals surface area contributed by atoms with Gasteiger partial charge in [-0.25, -0.2) is 9.78 Å². The molecule has 1 aliphatic rings. The highest BCUT2D eigenvalue weighted by atomic mass is 32.1. The van der Waals surface area contributed by atoms with Crippen molar-refractivity contribution in [3.63, 3.8) is 0 Å². The van der Waals surface area contributed by atoms with Crippen LogP contribution >= 0.6 is 11.3 Å². The van der Waals surface area contributed by atoms with Gasteiger partial charge in [-0.15, -0.1) is 11.3 Å². The van der Waals surface area contributed by atoms with E-state index in [4.69, 9.17) is 0 Å². The second-order valence-electron chi connectivity index (χ2n) is 5.31. The summed E-state index contributed by atoms with van der Waals surface area (Å²) in [6, 6.07) is 0. The average Bonchev–Trinajstić information content (AvgIpc) is 2.72. The second-order valence-corrected chi connectivity index (χ2v) is 6.40. The van der Waals surface area contributed by atoms with Crippen molar-refractivity contribution in [2.24, 2.45) is 5.92 Å². The SMILES string of the molecule is CC(C)Cc1nc(CN2CCNCC2)sc1C(=O)O. The predicted molar refractivity (Wildman–Crippen MR) is 75.8 cm³/mol. The maximum atomic E-state index is 11.3. The van der Waals surface area contributed by atoms with Crippen LogP contribution < -0.4 is 5.32 Å². The minimum atomic E-state index is -0.847. The van der Waals surface area contributed by atoms with Gasteiger partial charge in [-0.3, -0.25) is 4.90 Å². The third kappa shape index (κ3) is 3.99. The van der Waals surface area contributed by atoms with Crippen LogP contribution in [0.3, 0.4) is 0 Å². The Kier molecular flexibility index (Phi) is 4.90. The largest absolute Gasteiger partial charge is 0.477 e. The number of nitrogens with one attached hydrogen (secondary N) is 1. The Morgan fingerprint density at radius 1 is 1.47 bits per heavy atom. The fourth-order valence-corrected chi connectivity index (χ4v) is 3.19. The second kappa shape index (κ2) is 6.45. The molecule has 0 aliphatic carbocycles. The van der Waals surface area contributed by atoms with Gasteiger partial charge >= 0.3 is 5.97 Å². The normalized spacial score (nSPS) is 17.0. The molecule has 0 saturated carbocycles. The van der Waals surface area contributed by atoms with Crippen LogP contribution in [0.1, 0.15) is 34.2 Å². The number of hydrogen-bond donors (Lipinski definition) is 2. The number of aromatic carboxylic acids is 1. The molecule has 0 unspecified atom stereocenters. The van der Waals surface area contributed by atoms with Crippen LogP contribution in [0.5, 0.6) is 0 Å². The topological polar surface area (TPSA) is 65.5 Å². The fraction of sp³-hybridized carbons (Fsp3) is 0.692. The monoisotopic (exact) mass is 283 g/mol. The first kappa shape index (κ1) is 14.4. The quantitative estimate of drug-likeness (QED) is 0.856. The van der Waals surface area contributed by atoms with Crippen molar-refractivity contribution in [1.29, 1.82) is 0 Å². The van der Waals surface area contributed by atoms with Gasteiger partial charge in [-0.2, -0.15) is 0 Å². The summed E-state index contributed by atoms with van der Waals surface area (Å²) in [5.74, 6) is -0.424. The molecular formula is C13H21N3O2S. The molecule has 0 spiro atoms. The Balaban J connectivity index is 2.10. The molecule has 6 heteroatoms. The molecular weight excluding hydrogens is 262 g/mol. The van der Waals surface area contributed by atoms with Crippen molar-refractivity contribution in [2.75, 3.05) is 26.2 Å². The molecule has 0 radical (unpaired) electrons. The van der Waals surface area contributed by atoms with E-state index in [0.717, 1.165) is 49.8 Å². The summed E-state index contributed by atoms with van der Waals surface area (Å²) in [6.07, 6.45) is 0.736. The Morgan fingerprint density at radius 2 is 2.16 bits per heavy atom. The zero-order chi connectivity index (χ0) is 13.8. The lowest BCUT2D eigenvalue weighted by atomic mass is 10.1. The highest BCUT2D eigenvalue weighted by Gasteiger charge is 2.20. The summed E-state index contributed by atoms with van der Waals surface area (Å²) >= 11 is 1.33. The Morgan fingerprint density at radius 3 is 2.74 bits per heavy atom.